The van der Waals surface area contributed by atoms with Crippen LogP contribution in [0.15, 0.2) is 34.9 Å². The largest absolute Gasteiger partial charge is 0.441 e. The van der Waals surface area contributed by atoms with E-state index in [0.717, 1.165) is 42.6 Å². The third-order valence-corrected chi connectivity index (χ3v) is 3.43. The lowest BCUT2D eigenvalue weighted by Gasteiger charge is -2.00. The van der Waals surface area contributed by atoms with Crippen LogP contribution in [0.3, 0.4) is 0 Å². The molecule has 0 saturated heterocycles. The van der Waals surface area contributed by atoms with Crippen LogP contribution in [-0.2, 0) is 6.42 Å². The van der Waals surface area contributed by atoms with Gasteiger partial charge in [0, 0.05) is 18.0 Å². The van der Waals surface area contributed by atoms with Crippen molar-refractivity contribution in [2.45, 2.75) is 38.6 Å². The Balaban J connectivity index is 1.56. The SMILES string of the molecule is Cc1cccc(-c2cnc(CCCNC3CC3)o2)c1. The van der Waals surface area contributed by atoms with E-state index in [9.17, 15) is 0 Å². The minimum Gasteiger partial charge on any atom is -0.441 e. The predicted octanol–water partition coefficient (Wildman–Crippen LogP) is 3.33. The molecule has 0 aliphatic heterocycles. The molecule has 100 valence electrons. The monoisotopic (exact) mass is 256 g/mol. The van der Waals surface area contributed by atoms with E-state index in [1.807, 2.05) is 12.3 Å². The number of oxazole rings is 1. The number of nitrogens with one attached hydrogen (secondary N) is 1. The summed E-state index contributed by atoms with van der Waals surface area (Å²) in [6.07, 6.45) is 6.52. The summed E-state index contributed by atoms with van der Waals surface area (Å²) >= 11 is 0. The van der Waals surface area contributed by atoms with Crippen LogP contribution in [0.5, 0.6) is 0 Å². The zero-order valence-corrected chi connectivity index (χ0v) is 11.4. The van der Waals surface area contributed by atoms with Gasteiger partial charge >= 0.3 is 0 Å². The summed E-state index contributed by atoms with van der Waals surface area (Å²) in [6.45, 7) is 3.15. The third kappa shape index (κ3) is 3.44. The minimum atomic E-state index is 0.785. The van der Waals surface area contributed by atoms with Crippen LogP contribution in [0.25, 0.3) is 11.3 Å². The molecule has 3 nitrogen and oxygen atoms in total. The second-order valence-electron chi connectivity index (χ2n) is 5.32. The van der Waals surface area contributed by atoms with Crippen LogP contribution in [0.4, 0.5) is 0 Å². The lowest BCUT2D eigenvalue weighted by atomic mass is 10.1. The summed E-state index contributed by atoms with van der Waals surface area (Å²) in [5.41, 5.74) is 2.35. The number of hydrogen-bond acceptors (Lipinski definition) is 3. The smallest absolute Gasteiger partial charge is 0.194 e. The Morgan fingerprint density at radius 3 is 3.05 bits per heavy atom. The molecule has 0 unspecified atom stereocenters. The van der Waals surface area contributed by atoms with Crippen molar-refractivity contribution in [3.63, 3.8) is 0 Å². The van der Waals surface area contributed by atoms with Crippen LogP contribution in [0.2, 0.25) is 0 Å². The Kier molecular flexibility index (Phi) is 3.65. The van der Waals surface area contributed by atoms with E-state index < -0.39 is 0 Å². The fourth-order valence-electron chi connectivity index (χ4n) is 2.19. The highest BCUT2D eigenvalue weighted by molar-refractivity contribution is 5.57. The molecule has 1 heterocycles. The first-order valence-corrected chi connectivity index (χ1v) is 7.06. The highest BCUT2D eigenvalue weighted by atomic mass is 16.4. The van der Waals surface area contributed by atoms with Gasteiger partial charge in [0.05, 0.1) is 6.20 Å². The second-order valence-corrected chi connectivity index (χ2v) is 5.32. The summed E-state index contributed by atoms with van der Waals surface area (Å²) in [4.78, 5) is 4.36. The first-order chi connectivity index (χ1) is 9.31. The topological polar surface area (TPSA) is 38.1 Å². The Morgan fingerprint density at radius 2 is 2.26 bits per heavy atom. The molecule has 1 aliphatic rings. The van der Waals surface area contributed by atoms with Crippen LogP contribution >= 0.6 is 0 Å². The van der Waals surface area contributed by atoms with Crippen LogP contribution in [-0.4, -0.2) is 17.6 Å². The number of rotatable bonds is 6. The summed E-state index contributed by atoms with van der Waals surface area (Å²) in [7, 11) is 0. The van der Waals surface area contributed by atoms with E-state index >= 15 is 0 Å². The molecule has 1 aliphatic carbocycles. The average molecular weight is 256 g/mol. The lowest BCUT2D eigenvalue weighted by Crippen LogP contribution is -2.17. The van der Waals surface area contributed by atoms with Gasteiger partial charge in [0.15, 0.2) is 11.7 Å². The van der Waals surface area contributed by atoms with Crippen LogP contribution < -0.4 is 5.32 Å². The first-order valence-electron chi connectivity index (χ1n) is 7.06. The normalized spacial score (nSPS) is 14.8. The van der Waals surface area contributed by atoms with Gasteiger partial charge in [0.2, 0.25) is 0 Å². The molecule has 0 amide bonds. The molecule has 1 fully saturated rings. The van der Waals surface area contributed by atoms with Crippen molar-refractivity contribution in [2.75, 3.05) is 6.54 Å². The Hall–Kier alpha value is -1.61. The van der Waals surface area contributed by atoms with Crippen molar-refractivity contribution in [1.82, 2.24) is 10.3 Å². The number of benzene rings is 1. The highest BCUT2D eigenvalue weighted by Gasteiger charge is 2.19. The second kappa shape index (κ2) is 5.57. The van der Waals surface area contributed by atoms with Crippen molar-refractivity contribution in [3.8, 4) is 11.3 Å². The van der Waals surface area contributed by atoms with E-state index in [1.165, 1.54) is 18.4 Å². The van der Waals surface area contributed by atoms with Crippen molar-refractivity contribution < 1.29 is 4.42 Å². The van der Waals surface area contributed by atoms with Crippen molar-refractivity contribution >= 4 is 0 Å². The minimum absolute atomic E-state index is 0.785. The number of aromatic nitrogens is 1. The van der Waals surface area contributed by atoms with Gasteiger partial charge in [0.1, 0.15) is 0 Å². The summed E-state index contributed by atoms with van der Waals surface area (Å²) in [5, 5.41) is 3.50. The van der Waals surface area contributed by atoms with E-state index in [2.05, 4.69) is 35.4 Å². The summed E-state index contributed by atoms with van der Waals surface area (Å²) < 4.78 is 5.81. The lowest BCUT2D eigenvalue weighted by molar-refractivity contribution is 0.491. The van der Waals surface area contributed by atoms with Gasteiger partial charge in [-0.25, -0.2) is 4.98 Å². The molecule has 0 spiro atoms. The molecule has 0 bridgehead atoms. The van der Waals surface area contributed by atoms with E-state index in [0.29, 0.717) is 0 Å². The molecule has 1 aromatic carbocycles. The fraction of sp³-hybridized carbons (Fsp3) is 0.438. The Labute approximate surface area is 114 Å². The molecule has 1 N–H and O–H groups in total. The van der Waals surface area contributed by atoms with Crippen molar-refractivity contribution in [2.24, 2.45) is 0 Å². The Morgan fingerprint density at radius 1 is 1.37 bits per heavy atom. The molecule has 19 heavy (non-hydrogen) atoms. The first kappa shape index (κ1) is 12.4. The van der Waals surface area contributed by atoms with Crippen molar-refractivity contribution in [1.29, 1.82) is 0 Å². The zero-order chi connectivity index (χ0) is 13.1. The Bertz CT molecular complexity index is 543. The van der Waals surface area contributed by atoms with Crippen molar-refractivity contribution in [3.05, 3.63) is 41.9 Å². The molecular weight excluding hydrogens is 236 g/mol. The van der Waals surface area contributed by atoms with Gasteiger partial charge in [-0.15, -0.1) is 0 Å². The molecule has 1 aromatic heterocycles. The van der Waals surface area contributed by atoms with E-state index in [-0.39, 0.29) is 0 Å². The van der Waals surface area contributed by atoms with Gasteiger partial charge < -0.3 is 9.73 Å². The quantitative estimate of drug-likeness (QED) is 0.806. The van der Waals surface area contributed by atoms with Gasteiger partial charge in [-0.1, -0.05) is 23.8 Å². The third-order valence-electron chi connectivity index (χ3n) is 3.43. The number of nitrogens with zero attached hydrogens (tertiary/aromatic N) is 1. The standard InChI is InChI=1S/C16H20N2O/c1-12-4-2-5-13(10-12)15-11-18-16(19-15)6-3-9-17-14-7-8-14/h2,4-5,10-11,14,17H,3,6-9H2,1H3. The summed E-state index contributed by atoms with van der Waals surface area (Å²) in [5.74, 6) is 1.71. The maximum atomic E-state index is 5.81. The molecule has 0 radical (unpaired) electrons. The van der Waals surface area contributed by atoms with Crippen LogP contribution in [0, 0.1) is 6.92 Å². The van der Waals surface area contributed by atoms with Gasteiger partial charge in [-0.3, -0.25) is 0 Å². The summed E-state index contributed by atoms with van der Waals surface area (Å²) in [6, 6.07) is 9.11. The molecule has 2 aromatic rings. The fourth-order valence-corrected chi connectivity index (χ4v) is 2.19. The molecule has 0 atom stereocenters. The molecule has 3 heteroatoms. The van der Waals surface area contributed by atoms with Crippen LogP contribution in [0.1, 0.15) is 30.7 Å². The van der Waals surface area contributed by atoms with E-state index in [4.69, 9.17) is 4.42 Å². The van der Waals surface area contributed by atoms with Gasteiger partial charge in [-0.2, -0.15) is 0 Å². The number of hydrogen-bond donors (Lipinski definition) is 1. The predicted molar refractivity (Wildman–Crippen MR) is 76.0 cm³/mol. The number of aryl methyl sites for hydroxylation is 2. The maximum absolute atomic E-state index is 5.81. The molecule has 1 saturated carbocycles. The van der Waals surface area contributed by atoms with E-state index in [1.54, 1.807) is 0 Å². The highest BCUT2D eigenvalue weighted by Crippen LogP contribution is 2.22. The van der Waals surface area contributed by atoms with Gasteiger partial charge in [0.25, 0.3) is 0 Å². The maximum Gasteiger partial charge on any atom is 0.194 e. The zero-order valence-electron chi connectivity index (χ0n) is 11.4. The average Bonchev–Trinajstić information content (AvgIpc) is 3.11. The van der Waals surface area contributed by atoms with Gasteiger partial charge in [-0.05, 0) is 38.8 Å². The molecule has 3 rings (SSSR count). The molecular formula is C16H20N2O.